The fraction of sp³-hybridized carbons (Fsp3) is 0.267. The van der Waals surface area contributed by atoms with E-state index in [9.17, 15) is 9.18 Å². The first-order valence-corrected chi connectivity index (χ1v) is 6.96. The van der Waals surface area contributed by atoms with E-state index in [1.807, 2.05) is 0 Å². The number of carbonyl (C=O) groups is 1. The SMILES string of the molecule is COc1ncc(-c2ccc(N3C[C@H](CN)OC3=O)cc2F)cn1. The second-order valence-electron chi connectivity index (χ2n) is 4.97. The Labute approximate surface area is 131 Å². The normalized spacial score (nSPS) is 17.3. The number of hydrogen-bond acceptors (Lipinski definition) is 6. The highest BCUT2D eigenvalue weighted by molar-refractivity contribution is 5.90. The predicted molar refractivity (Wildman–Crippen MR) is 80.6 cm³/mol. The molecule has 1 aromatic heterocycles. The van der Waals surface area contributed by atoms with Crippen molar-refractivity contribution in [1.82, 2.24) is 9.97 Å². The van der Waals surface area contributed by atoms with Crippen molar-refractivity contribution in [3.05, 3.63) is 36.4 Å². The van der Waals surface area contributed by atoms with Crippen LogP contribution in [0.4, 0.5) is 14.9 Å². The molecule has 1 amide bonds. The second-order valence-corrected chi connectivity index (χ2v) is 4.97. The zero-order valence-electron chi connectivity index (χ0n) is 12.4. The number of methoxy groups -OCH3 is 1. The Hall–Kier alpha value is -2.74. The van der Waals surface area contributed by atoms with Crippen LogP contribution in [-0.2, 0) is 4.74 Å². The van der Waals surface area contributed by atoms with Gasteiger partial charge in [0.15, 0.2) is 0 Å². The molecule has 2 N–H and O–H groups in total. The lowest BCUT2D eigenvalue weighted by atomic mass is 10.1. The van der Waals surface area contributed by atoms with E-state index in [1.54, 1.807) is 12.1 Å². The molecule has 120 valence electrons. The van der Waals surface area contributed by atoms with E-state index < -0.39 is 11.9 Å². The number of anilines is 1. The number of benzene rings is 1. The molecule has 3 rings (SSSR count). The van der Waals surface area contributed by atoms with Crippen LogP contribution in [0.3, 0.4) is 0 Å². The molecule has 0 radical (unpaired) electrons. The van der Waals surface area contributed by atoms with Crippen molar-refractivity contribution in [3.8, 4) is 17.1 Å². The van der Waals surface area contributed by atoms with Gasteiger partial charge in [0.1, 0.15) is 11.9 Å². The zero-order valence-corrected chi connectivity index (χ0v) is 12.4. The Morgan fingerprint density at radius 3 is 2.74 bits per heavy atom. The Balaban J connectivity index is 1.87. The first-order valence-electron chi connectivity index (χ1n) is 6.96. The summed E-state index contributed by atoms with van der Waals surface area (Å²) in [5.41, 5.74) is 6.75. The average molecular weight is 318 g/mol. The third-order valence-corrected chi connectivity index (χ3v) is 3.52. The third kappa shape index (κ3) is 2.93. The molecule has 0 saturated carbocycles. The number of hydrogen-bond donors (Lipinski definition) is 1. The van der Waals surface area contributed by atoms with Crippen LogP contribution < -0.4 is 15.4 Å². The van der Waals surface area contributed by atoms with Crippen molar-refractivity contribution in [3.63, 3.8) is 0 Å². The maximum atomic E-state index is 14.4. The van der Waals surface area contributed by atoms with Gasteiger partial charge in [-0.15, -0.1) is 0 Å². The highest BCUT2D eigenvalue weighted by Gasteiger charge is 2.31. The molecule has 0 spiro atoms. The van der Waals surface area contributed by atoms with Gasteiger partial charge in [-0.2, -0.15) is 0 Å². The molecule has 2 aromatic rings. The van der Waals surface area contributed by atoms with Gasteiger partial charge in [0, 0.05) is 30.1 Å². The van der Waals surface area contributed by atoms with Crippen LogP contribution in [0.25, 0.3) is 11.1 Å². The summed E-state index contributed by atoms with van der Waals surface area (Å²) in [4.78, 5) is 21.0. The van der Waals surface area contributed by atoms with Gasteiger partial charge in [0.25, 0.3) is 0 Å². The topological polar surface area (TPSA) is 90.6 Å². The lowest BCUT2D eigenvalue weighted by molar-refractivity contribution is 0.145. The molecular formula is C15H15FN4O3. The molecule has 7 nitrogen and oxygen atoms in total. The molecule has 2 heterocycles. The van der Waals surface area contributed by atoms with Gasteiger partial charge in [-0.3, -0.25) is 4.90 Å². The van der Waals surface area contributed by atoms with E-state index in [0.717, 1.165) is 0 Å². The molecule has 1 aliphatic heterocycles. The van der Waals surface area contributed by atoms with Gasteiger partial charge in [-0.25, -0.2) is 19.2 Å². The number of amides is 1. The number of carbonyl (C=O) groups excluding carboxylic acids is 1. The Bertz CT molecular complexity index is 723. The van der Waals surface area contributed by atoms with Crippen LogP contribution >= 0.6 is 0 Å². The minimum atomic E-state index is -0.527. The summed E-state index contributed by atoms with van der Waals surface area (Å²) in [6.45, 7) is 0.533. The molecule has 1 aromatic carbocycles. The van der Waals surface area contributed by atoms with Crippen LogP contribution in [0, 0.1) is 5.82 Å². The number of nitrogens with zero attached hydrogens (tertiary/aromatic N) is 3. The van der Waals surface area contributed by atoms with E-state index >= 15 is 0 Å². The van der Waals surface area contributed by atoms with Crippen molar-refractivity contribution >= 4 is 11.8 Å². The van der Waals surface area contributed by atoms with Gasteiger partial charge in [-0.05, 0) is 18.2 Å². The summed E-state index contributed by atoms with van der Waals surface area (Å²) < 4.78 is 24.3. The van der Waals surface area contributed by atoms with Crippen molar-refractivity contribution in [2.75, 3.05) is 25.1 Å². The number of ether oxygens (including phenoxy) is 2. The molecule has 8 heteroatoms. The quantitative estimate of drug-likeness (QED) is 0.920. The third-order valence-electron chi connectivity index (χ3n) is 3.52. The number of cyclic esters (lactones) is 1. The number of halogens is 1. The Kier molecular flexibility index (Phi) is 4.07. The fourth-order valence-electron chi connectivity index (χ4n) is 2.32. The van der Waals surface area contributed by atoms with Crippen LogP contribution in [-0.4, -0.2) is 42.4 Å². The summed E-state index contributed by atoms with van der Waals surface area (Å²) >= 11 is 0. The number of aromatic nitrogens is 2. The molecule has 1 saturated heterocycles. The summed E-state index contributed by atoms with van der Waals surface area (Å²) in [5, 5.41) is 0. The van der Waals surface area contributed by atoms with Crippen LogP contribution in [0.1, 0.15) is 0 Å². The molecule has 0 unspecified atom stereocenters. The highest BCUT2D eigenvalue weighted by atomic mass is 19.1. The first-order chi connectivity index (χ1) is 11.1. The molecule has 23 heavy (non-hydrogen) atoms. The molecular weight excluding hydrogens is 303 g/mol. The van der Waals surface area contributed by atoms with Crippen molar-refractivity contribution < 1.29 is 18.7 Å². The van der Waals surface area contributed by atoms with Crippen LogP contribution in [0.15, 0.2) is 30.6 Å². The standard InChI is InChI=1S/C15H15FN4O3/c1-22-14-18-6-9(7-19-14)12-3-2-10(4-13(12)16)20-8-11(5-17)23-15(20)21/h2-4,6-7,11H,5,8,17H2,1H3/t11-/m0/s1. The predicted octanol–water partition coefficient (Wildman–Crippen LogP) is 1.58. The lowest BCUT2D eigenvalue weighted by Crippen LogP contribution is -2.27. The smallest absolute Gasteiger partial charge is 0.414 e. The largest absolute Gasteiger partial charge is 0.467 e. The summed E-state index contributed by atoms with van der Waals surface area (Å²) in [5.74, 6) is -0.486. The Morgan fingerprint density at radius 1 is 1.43 bits per heavy atom. The molecule has 0 aliphatic carbocycles. The van der Waals surface area contributed by atoms with E-state index in [2.05, 4.69) is 9.97 Å². The monoisotopic (exact) mass is 318 g/mol. The van der Waals surface area contributed by atoms with Gasteiger partial charge in [0.2, 0.25) is 0 Å². The van der Waals surface area contributed by atoms with E-state index in [4.69, 9.17) is 15.2 Å². The average Bonchev–Trinajstić information content (AvgIpc) is 2.96. The lowest BCUT2D eigenvalue weighted by Gasteiger charge is -2.14. The van der Waals surface area contributed by atoms with Crippen LogP contribution in [0.2, 0.25) is 0 Å². The molecule has 1 aliphatic rings. The van der Waals surface area contributed by atoms with Gasteiger partial charge < -0.3 is 15.2 Å². The highest BCUT2D eigenvalue weighted by Crippen LogP contribution is 2.28. The summed E-state index contributed by atoms with van der Waals surface area (Å²) in [6, 6.07) is 4.69. The van der Waals surface area contributed by atoms with Gasteiger partial charge >= 0.3 is 12.1 Å². The van der Waals surface area contributed by atoms with Gasteiger partial charge in [0.05, 0.1) is 19.3 Å². The van der Waals surface area contributed by atoms with Crippen molar-refractivity contribution in [2.45, 2.75) is 6.10 Å². The van der Waals surface area contributed by atoms with E-state index in [1.165, 1.54) is 30.5 Å². The first kappa shape index (κ1) is 15.2. The fourth-order valence-corrected chi connectivity index (χ4v) is 2.32. The maximum absolute atomic E-state index is 14.4. The number of rotatable bonds is 4. The summed E-state index contributed by atoms with van der Waals surface area (Å²) in [7, 11) is 1.45. The second kappa shape index (κ2) is 6.17. The van der Waals surface area contributed by atoms with E-state index in [-0.39, 0.29) is 18.7 Å². The molecule has 1 atom stereocenters. The van der Waals surface area contributed by atoms with Crippen molar-refractivity contribution in [2.24, 2.45) is 5.73 Å². The molecule has 1 fully saturated rings. The van der Waals surface area contributed by atoms with Crippen molar-refractivity contribution in [1.29, 1.82) is 0 Å². The minimum Gasteiger partial charge on any atom is -0.467 e. The maximum Gasteiger partial charge on any atom is 0.414 e. The van der Waals surface area contributed by atoms with Crippen LogP contribution in [0.5, 0.6) is 6.01 Å². The zero-order chi connectivity index (χ0) is 16.4. The van der Waals surface area contributed by atoms with Gasteiger partial charge in [-0.1, -0.05) is 0 Å². The molecule has 0 bridgehead atoms. The summed E-state index contributed by atoms with van der Waals surface area (Å²) in [6.07, 6.45) is 2.04. The number of nitrogens with two attached hydrogens (primary N) is 1. The van der Waals surface area contributed by atoms with E-state index in [0.29, 0.717) is 23.4 Å². The minimum absolute atomic E-state index is 0.207. The Morgan fingerprint density at radius 2 is 2.17 bits per heavy atom.